The van der Waals surface area contributed by atoms with E-state index in [0.717, 1.165) is 0 Å². The van der Waals surface area contributed by atoms with Gasteiger partial charge in [0.25, 0.3) is 0 Å². The van der Waals surface area contributed by atoms with Crippen LogP contribution in [-0.4, -0.2) is 6.04 Å². The second-order valence-corrected chi connectivity index (χ2v) is 5.79. The Bertz CT molecular complexity index is 212. The summed E-state index contributed by atoms with van der Waals surface area (Å²) < 4.78 is 0. The van der Waals surface area contributed by atoms with Gasteiger partial charge < -0.3 is 22.9 Å². The maximum atomic E-state index is 5.26. The Labute approximate surface area is 160 Å². The van der Waals surface area contributed by atoms with Gasteiger partial charge in [0, 0.05) is 6.04 Å². The Morgan fingerprint density at radius 3 is 1.04 bits per heavy atom. The van der Waals surface area contributed by atoms with Crippen molar-refractivity contribution in [2.24, 2.45) is 22.9 Å². The van der Waals surface area contributed by atoms with E-state index in [-0.39, 0.29) is 11.9 Å². The van der Waals surface area contributed by atoms with Crippen molar-refractivity contribution in [3.8, 4) is 0 Å². The first-order valence-corrected chi connectivity index (χ1v) is 10.1. The zero-order chi connectivity index (χ0) is 21.1. The van der Waals surface area contributed by atoms with Crippen LogP contribution >= 0.6 is 0 Å². The SMILES string of the molecule is C=C(C)N.CC.CC(N)C=C(N)N.CCCCCC.CCCCCC. The smallest absolute Gasteiger partial charge is 0.0908 e. The predicted molar refractivity (Wildman–Crippen MR) is 120 cm³/mol. The lowest BCUT2D eigenvalue weighted by Crippen LogP contribution is -2.17. The molecule has 0 aromatic rings. The van der Waals surface area contributed by atoms with Crippen molar-refractivity contribution in [2.45, 2.75) is 113 Å². The number of nitrogens with two attached hydrogens (primary N) is 4. The fourth-order valence-corrected chi connectivity index (χ4v) is 1.30. The zero-order valence-electron chi connectivity index (χ0n) is 18.8. The molecule has 0 aromatic heterocycles. The first kappa shape index (κ1) is 35.0. The Morgan fingerprint density at radius 2 is 1.00 bits per heavy atom. The van der Waals surface area contributed by atoms with Crippen LogP contribution in [0, 0.1) is 0 Å². The van der Waals surface area contributed by atoms with E-state index in [9.17, 15) is 0 Å². The van der Waals surface area contributed by atoms with Crippen LogP contribution in [0.2, 0.25) is 0 Å². The van der Waals surface area contributed by atoms with Crippen LogP contribution in [0.25, 0.3) is 0 Å². The lowest BCUT2D eigenvalue weighted by atomic mass is 10.2. The van der Waals surface area contributed by atoms with Gasteiger partial charge in [-0.3, -0.25) is 0 Å². The summed E-state index contributed by atoms with van der Waals surface area (Å²) in [5.74, 6) is 0.287. The summed E-state index contributed by atoms with van der Waals surface area (Å²) in [6, 6.07) is -0.0370. The molecule has 1 atom stereocenters. The van der Waals surface area contributed by atoms with Gasteiger partial charge in [0.1, 0.15) is 0 Å². The summed E-state index contributed by atoms with van der Waals surface area (Å²) in [5, 5.41) is 0. The molecular formula is C21H52N4. The molecule has 0 amide bonds. The number of unbranched alkanes of at least 4 members (excludes halogenated alkanes) is 6. The van der Waals surface area contributed by atoms with Crippen molar-refractivity contribution >= 4 is 0 Å². The molecule has 156 valence electrons. The molecule has 0 fully saturated rings. The van der Waals surface area contributed by atoms with Crippen molar-refractivity contribution in [1.29, 1.82) is 0 Å². The van der Waals surface area contributed by atoms with E-state index in [0.29, 0.717) is 5.70 Å². The van der Waals surface area contributed by atoms with Crippen LogP contribution in [0.15, 0.2) is 24.2 Å². The highest BCUT2D eigenvalue weighted by Gasteiger charge is 1.83. The molecule has 0 heterocycles. The molecule has 8 N–H and O–H groups in total. The Balaban J connectivity index is -0.0000000697. The van der Waals surface area contributed by atoms with Crippen LogP contribution < -0.4 is 22.9 Å². The van der Waals surface area contributed by atoms with Crippen LogP contribution in [0.5, 0.6) is 0 Å². The average molecular weight is 361 g/mol. The molecule has 0 aliphatic carbocycles. The molecule has 0 rings (SSSR count). The highest BCUT2D eigenvalue weighted by Crippen LogP contribution is 1.95. The largest absolute Gasteiger partial charge is 0.403 e. The summed E-state index contributed by atoms with van der Waals surface area (Å²) in [6.45, 7) is 19.8. The minimum Gasteiger partial charge on any atom is -0.403 e. The second kappa shape index (κ2) is 38.4. The molecular weight excluding hydrogens is 308 g/mol. The fraction of sp³-hybridized carbons (Fsp3) is 0.810. The molecule has 1 unspecified atom stereocenters. The number of rotatable bonds is 7. The Kier molecular flexibility index (Phi) is 53.8. The maximum Gasteiger partial charge on any atom is 0.0908 e. The summed E-state index contributed by atoms with van der Waals surface area (Å²) >= 11 is 0. The molecule has 25 heavy (non-hydrogen) atoms. The Morgan fingerprint density at radius 1 is 0.800 bits per heavy atom. The summed E-state index contributed by atoms with van der Waals surface area (Å²) in [4.78, 5) is 0. The third-order valence-corrected chi connectivity index (χ3v) is 2.37. The van der Waals surface area contributed by atoms with Gasteiger partial charge in [0.2, 0.25) is 0 Å². The van der Waals surface area contributed by atoms with E-state index in [2.05, 4.69) is 34.3 Å². The van der Waals surface area contributed by atoms with Gasteiger partial charge in [-0.05, 0) is 25.6 Å². The van der Waals surface area contributed by atoms with Gasteiger partial charge in [-0.25, -0.2) is 0 Å². The third kappa shape index (κ3) is 127. The molecule has 0 aliphatic heterocycles. The first-order valence-electron chi connectivity index (χ1n) is 10.1. The summed E-state index contributed by atoms with van der Waals surface area (Å²) in [5.41, 5.74) is 20.9. The van der Waals surface area contributed by atoms with Crippen molar-refractivity contribution in [3.05, 3.63) is 24.2 Å². The van der Waals surface area contributed by atoms with Gasteiger partial charge in [0.15, 0.2) is 0 Å². The first-order chi connectivity index (χ1) is 11.7. The number of hydrogen-bond donors (Lipinski definition) is 4. The lowest BCUT2D eigenvalue weighted by molar-refractivity contribution is 0.702. The quantitative estimate of drug-likeness (QED) is 0.432. The third-order valence-electron chi connectivity index (χ3n) is 2.37. The normalized spacial score (nSPS) is 9.16. The van der Waals surface area contributed by atoms with Gasteiger partial charge >= 0.3 is 0 Å². The van der Waals surface area contributed by atoms with Gasteiger partial charge in [-0.15, -0.1) is 0 Å². The van der Waals surface area contributed by atoms with E-state index in [4.69, 9.17) is 22.9 Å². The standard InChI is InChI=1S/2C6H14.C4H11N3.C3H7N.C2H6/c2*1-3-5-6-4-2;1-3(5)2-4(6)7;1-3(2)4;1-2/h2*3-6H2,1-2H3;2-3H,5-7H2,1H3;1,4H2,2H3;1-2H3. The minimum absolute atomic E-state index is 0.0370. The summed E-state index contributed by atoms with van der Waals surface area (Å²) in [7, 11) is 0. The molecule has 0 radical (unpaired) electrons. The average Bonchev–Trinajstić information content (AvgIpc) is 2.52. The lowest BCUT2D eigenvalue weighted by Gasteiger charge is -1.94. The van der Waals surface area contributed by atoms with Crippen LogP contribution in [0.4, 0.5) is 0 Å². The van der Waals surface area contributed by atoms with Crippen molar-refractivity contribution in [3.63, 3.8) is 0 Å². The van der Waals surface area contributed by atoms with Crippen LogP contribution in [0.1, 0.15) is 107 Å². The molecule has 0 bridgehead atoms. The van der Waals surface area contributed by atoms with E-state index in [1.807, 2.05) is 13.8 Å². The van der Waals surface area contributed by atoms with Gasteiger partial charge in [-0.1, -0.05) is 99.5 Å². The maximum absolute atomic E-state index is 5.26. The highest BCUT2D eigenvalue weighted by molar-refractivity contribution is 4.95. The van der Waals surface area contributed by atoms with Gasteiger partial charge in [0.05, 0.1) is 5.82 Å². The van der Waals surface area contributed by atoms with E-state index in [1.54, 1.807) is 19.9 Å². The molecule has 0 aromatic carbocycles. The molecule has 0 saturated carbocycles. The molecule has 0 saturated heterocycles. The zero-order valence-corrected chi connectivity index (χ0v) is 18.8. The van der Waals surface area contributed by atoms with Gasteiger partial charge in [-0.2, -0.15) is 0 Å². The van der Waals surface area contributed by atoms with Crippen molar-refractivity contribution in [2.75, 3.05) is 0 Å². The molecule has 4 heteroatoms. The topological polar surface area (TPSA) is 104 Å². The fourth-order valence-electron chi connectivity index (χ4n) is 1.30. The van der Waals surface area contributed by atoms with E-state index < -0.39 is 0 Å². The predicted octanol–water partition coefficient (Wildman–Crippen LogP) is 5.77. The minimum atomic E-state index is -0.0370. The molecule has 0 aliphatic rings. The van der Waals surface area contributed by atoms with Crippen LogP contribution in [-0.2, 0) is 0 Å². The van der Waals surface area contributed by atoms with E-state index in [1.165, 1.54) is 51.4 Å². The Hall–Kier alpha value is -1.16. The van der Waals surface area contributed by atoms with E-state index >= 15 is 0 Å². The highest BCUT2D eigenvalue weighted by atomic mass is 14.8. The monoisotopic (exact) mass is 360 g/mol. The molecule has 0 spiro atoms. The van der Waals surface area contributed by atoms with Crippen LogP contribution in [0.3, 0.4) is 0 Å². The second-order valence-electron chi connectivity index (χ2n) is 5.79. The summed E-state index contributed by atoms with van der Waals surface area (Å²) in [6.07, 6.45) is 12.7. The molecule has 4 nitrogen and oxygen atoms in total. The number of hydrogen-bond acceptors (Lipinski definition) is 4. The van der Waals surface area contributed by atoms with Crippen molar-refractivity contribution in [1.82, 2.24) is 0 Å². The number of allylic oxidation sites excluding steroid dienone is 1. The van der Waals surface area contributed by atoms with Crippen molar-refractivity contribution < 1.29 is 0 Å².